The lowest BCUT2D eigenvalue weighted by atomic mass is 10.4. The summed E-state index contributed by atoms with van der Waals surface area (Å²) in [6, 6.07) is 0.252. The second-order valence-electron chi connectivity index (χ2n) is 4.27. The number of rotatable bonds is 5. The van der Waals surface area contributed by atoms with Crippen LogP contribution < -0.4 is 15.0 Å². The molecule has 0 radical (unpaired) electrons. The molecule has 1 amide bonds. The van der Waals surface area contributed by atoms with Gasteiger partial charge in [0.2, 0.25) is 11.9 Å². The Morgan fingerprint density at radius 2 is 2.10 bits per heavy atom. The molecule has 0 atom stereocenters. The number of carbonyl (C=O) groups is 1. The molecule has 0 unspecified atom stereocenters. The highest BCUT2D eigenvalue weighted by Crippen LogP contribution is 2.13. The van der Waals surface area contributed by atoms with Gasteiger partial charge in [-0.2, -0.15) is 15.0 Å². The van der Waals surface area contributed by atoms with Crippen molar-refractivity contribution in [1.82, 2.24) is 20.3 Å². The van der Waals surface area contributed by atoms with Crippen molar-refractivity contribution in [2.45, 2.75) is 19.9 Å². The van der Waals surface area contributed by atoms with Crippen LogP contribution in [0.15, 0.2) is 0 Å². The molecule has 1 N–H and O–H groups in total. The molecular weight excluding hydrogens is 262 g/mol. The molecule has 1 aliphatic rings. The molecule has 1 saturated heterocycles. The van der Waals surface area contributed by atoms with Gasteiger partial charge in [-0.15, -0.1) is 0 Å². The first-order chi connectivity index (χ1) is 9.72. The smallest absolute Gasteiger partial charge is 0.321 e. The van der Waals surface area contributed by atoms with Gasteiger partial charge < -0.3 is 19.7 Å². The summed E-state index contributed by atoms with van der Waals surface area (Å²) in [7, 11) is 1.51. The Balaban J connectivity index is 2.12. The van der Waals surface area contributed by atoms with Crippen LogP contribution in [0.25, 0.3) is 0 Å². The van der Waals surface area contributed by atoms with Gasteiger partial charge >= 0.3 is 6.01 Å². The van der Waals surface area contributed by atoms with Crippen molar-refractivity contribution in [2.75, 3.05) is 38.3 Å². The molecule has 0 spiro atoms. The van der Waals surface area contributed by atoms with Crippen molar-refractivity contribution in [3.8, 4) is 6.01 Å². The number of nitrogens with one attached hydrogen (secondary N) is 1. The molecule has 2 heterocycles. The molecule has 1 fully saturated rings. The van der Waals surface area contributed by atoms with Crippen LogP contribution in [0.5, 0.6) is 6.01 Å². The number of methoxy groups -OCH3 is 1. The van der Waals surface area contributed by atoms with E-state index in [1.54, 1.807) is 6.92 Å². The van der Waals surface area contributed by atoms with Gasteiger partial charge in [-0.25, -0.2) is 0 Å². The lowest BCUT2D eigenvalue weighted by molar-refractivity contribution is -0.120. The fourth-order valence-electron chi connectivity index (χ4n) is 1.76. The van der Waals surface area contributed by atoms with E-state index in [1.807, 2.05) is 4.90 Å². The zero-order valence-corrected chi connectivity index (χ0v) is 11.8. The van der Waals surface area contributed by atoms with Crippen LogP contribution >= 0.6 is 0 Å². The lowest BCUT2D eigenvalue weighted by Gasteiger charge is -2.26. The van der Waals surface area contributed by atoms with E-state index in [9.17, 15) is 4.79 Å². The van der Waals surface area contributed by atoms with E-state index in [4.69, 9.17) is 9.47 Å². The summed E-state index contributed by atoms with van der Waals surface area (Å²) >= 11 is 0. The van der Waals surface area contributed by atoms with Gasteiger partial charge in [0.15, 0.2) is 5.82 Å². The first-order valence-corrected chi connectivity index (χ1v) is 6.61. The molecule has 20 heavy (non-hydrogen) atoms. The predicted molar refractivity (Wildman–Crippen MR) is 71.5 cm³/mol. The molecule has 0 saturated carbocycles. The normalized spacial score (nSPS) is 15.0. The minimum atomic E-state index is -0.0442. The highest BCUT2D eigenvalue weighted by atomic mass is 16.5. The van der Waals surface area contributed by atoms with Crippen molar-refractivity contribution in [1.29, 1.82) is 0 Å². The van der Waals surface area contributed by atoms with Crippen molar-refractivity contribution in [3.05, 3.63) is 5.82 Å². The number of hydrogen-bond donors (Lipinski definition) is 1. The van der Waals surface area contributed by atoms with Crippen LogP contribution in [0.2, 0.25) is 0 Å². The lowest BCUT2D eigenvalue weighted by Crippen LogP contribution is -2.37. The van der Waals surface area contributed by atoms with Crippen LogP contribution in [0.1, 0.15) is 19.2 Å². The van der Waals surface area contributed by atoms with Crippen LogP contribution in [-0.2, 0) is 16.1 Å². The van der Waals surface area contributed by atoms with Crippen LogP contribution in [0.3, 0.4) is 0 Å². The molecule has 8 nitrogen and oxygen atoms in total. The number of amides is 1. The summed E-state index contributed by atoms with van der Waals surface area (Å²) in [5.74, 6) is 0.998. The minimum Gasteiger partial charge on any atom is -0.467 e. The number of aromatic nitrogens is 3. The Kier molecular flexibility index (Phi) is 5.05. The largest absolute Gasteiger partial charge is 0.467 e. The number of morpholine rings is 1. The maximum atomic E-state index is 11.3. The molecule has 0 bridgehead atoms. The molecule has 2 rings (SSSR count). The van der Waals surface area contributed by atoms with E-state index in [2.05, 4.69) is 20.3 Å². The fourth-order valence-corrected chi connectivity index (χ4v) is 1.76. The average molecular weight is 281 g/mol. The van der Waals surface area contributed by atoms with Crippen molar-refractivity contribution in [2.24, 2.45) is 0 Å². The van der Waals surface area contributed by atoms with Crippen LogP contribution in [0, 0.1) is 0 Å². The van der Waals surface area contributed by atoms with Gasteiger partial charge in [-0.3, -0.25) is 4.79 Å². The van der Waals surface area contributed by atoms with Gasteiger partial charge in [0, 0.05) is 19.5 Å². The quantitative estimate of drug-likeness (QED) is 0.795. The number of ether oxygens (including phenoxy) is 2. The van der Waals surface area contributed by atoms with Crippen molar-refractivity contribution < 1.29 is 14.3 Å². The number of hydrogen-bond acceptors (Lipinski definition) is 7. The summed E-state index contributed by atoms with van der Waals surface area (Å²) in [5, 5.41) is 2.74. The number of anilines is 1. The SMILES string of the molecule is CCC(=O)NCc1nc(OC)nc(N2CCOCC2)n1. The summed E-state index contributed by atoms with van der Waals surface area (Å²) < 4.78 is 10.4. The number of carbonyl (C=O) groups excluding carboxylic acids is 1. The van der Waals surface area contributed by atoms with Gasteiger partial charge in [-0.05, 0) is 0 Å². The van der Waals surface area contributed by atoms with Crippen molar-refractivity contribution >= 4 is 11.9 Å². The molecule has 1 aromatic rings. The highest BCUT2D eigenvalue weighted by molar-refractivity contribution is 5.75. The predicted octanol–water partition coefficient (Wildman–Crippen LogP) is -0.257. The Morgan fingerprint density at radius 1 is 1.35 bits per heavy atom. The standard InChI is InChI=1S/C12H19N5O3/c1-3-10(18)13-8-9-14-11(16-12(15-9)19-2)17-4-6-20-7-5-17/h3-8H2,1-2H3,(H,13,18). The second-order valence-corrected chi connectivity index (χ2v) is 4.27. The maximum absolute atomic E-state index is 11.3. The summed E-state index contributed by atoms with van der Waals surface area (Å²) in [6.07, 6.45) is 0.429. The zero-order chi connectivity index (χ0) is 14.4. The molecule has 0 aromatic carbocycles. The van der Waals surface area contributed by atoms with E-state index in [0.29, 0.717) is 31.4 Å². The van der Waals surface area contributed by atoms with Gasteiger partial charge in [0.05, 0.1) is 26.9 Å². The Labute approximate surface area is 117 Å². The van der Waals surface area contributed by atoms with Crippen molar-refractivity contribution in [3.63, 3.8) is 0 Å². The Hall–Kier alpha value is -1.96. The minimum absolute atomic E-state index is 0.0442. The van der Waals surface area contributed by atoms with Gasteiger partial charge in [0.1, 0.15) is 0 Å². The summed E-state index contributed by atoms with van der Waals surface area (Å²) in [6.45, 7) is 4.82. The Morgan fingerprint density at radius 3 is 2.75 bits per heavy atom. The molecule has 8 heteroatoms. The van der Waals surface area contributed by atoms with E-state index in [-0.39, 0.29) is 18.5 Å². The first kappa shape index (κ1) is 14.4. The molecular formula is C12H19N5O3. The zero-order valence-electron chi connectivity index (χ0n) is 11.8. The van der Waals surface area contributed by atoms with Crippen LogP contribution in [-0.4, -0.2) is 54.3 Å². The van der Waals surface area contributed by atoms with E-state index in [0.717, 1.165) is 13.1 Å². The average Bonchev–Trinajstić information content (AvgIpc) is 2.53. The van der Waals surface area contributed by atoms with E-state index >= 15 is 0 Å². The molecule has 1 aromatic heterocycles. The second kappa shape index (κ2) is 6.99. The molecule has 1 aliphatic heterocycles. The maximum Gasteiger partial charge on any atom is 0.321 e. The molecule has 110 valence electrons. The highest BCUT2D eigenvalue weighted by Gasteiger charge is 2.16. The monoisotopic (exact) mass is 281 g/mol. The van der Waals surface area contributed by atoms with Gasteiger partial charge in [-0.1, -0.05) is 6.92 Å². The Bertz CT molecular complexity index is 462. The number of nitrogens with zero attached hydrogens (tertiary/aromatic N) is 4. The third kappa shape index (κ3) is 3.77. The topological polar surface area (TPSA) is 89.5 Å². The van der Waals surface area contributed by atoms with E-state index in [1.165, 1.54) is 7.11 Å². The fraction of sp³-hybridized carbons (Fsp3) is 0.667. The summed E-state index contributed by atoms with van der Waals surface area (Å²) in [5.41, 5.74) is 0. The summed E-state index contributed by atoms with van der Waals surface area (Å²) in [4.78, 5) is 26.0. The van der Waals surface area contributed by atoms with Gasteiger partial charge in [0.25, 0.3) is 0 Å². The van der Waals surface area contributed by atoms with E-state index < -0.39 is 0 Å². The first-order valence-electron chi connectivity index (χ1n) is 6.61. The third-order valence-corrected chi connectivity index (χ3v) is 2.89. The third-order valence-electron chi connectivity index (χ3n) is 2.89. The molecule has 0 aliphatic carbocycles. The van der Waals surface area contributed by atoms with Crippen LogP contribution in [0.4, 0.5) is 5.95 Å².